The van der Waals surface area contributed by atoms with Crippen molar-refractivity contribution in [2.24, 2.45) is 0 Å². The van der Waals surface area contributed by atoms with Crippen molar-refractivity contribution in [2.45, 2.75) is 44.6 Å². The molecule has 0 fully saturated rings. The van der Waals surface area contributed by atoms with Gasteiger partial charge in [-0.05, 0) is 29.2 Å². The Hall–Kier alpha value is -2.61. The van der Waals surface area contributed by atoms with Gasteiger partial charge in [0.2, 0.25) is 6.10 Å². The number of hydrogen-bond donors (Lipinski definition) is 1. The molecular formula is C18H20ClF3N2O8. The lowest BCUT2D eigenvalue weighted by molar-refractivity contribution is -0.852. The Morgan fingerprint density at radius 1 is 1.31 bits per heavy atom. The Balaban J connectivity index is 2.41. The van der Waals surface area contributed by atoms with Crippen molar-refractivity contribution in [1.29, 1.82) is 0 Å². The van der Waals surface area contributed by atoms with Crippen molar-refractivity contribution < 1.29 is 47.8 Å². The largest absolute Gasteiger partial charge is 0.601 e. The fourth-order valence-electron chi connectivity index (χ4n) is 2.83. The zero-order chi connectivity index (χ0) is 24.3. The highest BCUT2D eigenvalue weighted by Gasteiger charge is 2.49. The summed E-state index contributed by atoms with van der Waals surface area (Å²) < 4.78 is 51.0. The van der Waals surface area contributed by atoms with Gasteiger partial charge in [-0.3, -0.25) is 0 Å². The minimum atomic E-state index is -4.99. The maximum absolute atomic E-state index is 13.7. The molecule has 1 unspecified atom stereocenters. The van der Waals surface area contributed by atoms with E-state index in [2.05, 4.69) is 9.68 Å². The van der Waals surface area contributed by atoms with Gasteiger partial charge < -0.3 is 19.5 Å². The van der Waals surface area contributed by atoms with Crippen LogP contribution in [0, 0.1) is 15.3 Å². The first-order valence-corrected chi connectivity index (χ1v) is 9.44. The molecule has 1 aliphatic rings. The number of nitrogens with two attached hydrogens (primary N) is 1. The van der Waals surface area contributed by atoms with E-state index in [1.807, 2.05) is 20.8 Å². The maximum atomic E-state index is 13.7. The van der Waals surface area contributed by atoms with E-state index in [9.17, 15) is 33.3 Å². The quantitative estimate of drug-likeness (QED) is 0.337. The van der Waals surface area contributed by atoms with Crippen LogP contribution in [0.4, 0.5) is 13.2 Å². The van der Waals surface area contributed by atoms with Crippen molar-refractivity contribution in [3.05, 3.63) is 49.2 Å². The van der Waals surface area contributed by atoms with Gasteiger partial charge in [-0.1, -0.05) is 32.4 Å². The summed E-state index contributed by atoms with van der Waals surface area (Å²) in [5, 5.41) is 19.8. The zero-order valence-corrected chi connectivity index (χ0v) is 17.9. The fourth-order valence-corrected chi connectivity index (χ4v) is 3.28. The molecule has 0 saturated heterocycles. The Bertz CT molecular complexity index is 901. The molecule has 0 aromatic heterocycles. The lowest BCUT2D eigenvalue weighted by Crippen LogP contribution is -2.76. The summed E-state index contributed by atoms with van der Waals surface area (Å²) >= 11 is 6.26. The molecule has 32 heavy (non-hydrogen) atoms. The number of quaternary nitrogens is 1. The molecule has 0 saturated carbocycles. The Morgan fingerprint density at radius 3 is 2.50 bits per heavy atom. The highest BCUT2D eigenvalue weighted by atomic mass is 35.5. The van der Waals surface area contributed by atoms with Crippen molar-refractivity contribution in [3.63, 3.8) is 0 Å². The first kappa shape index (κ1) is 25.6. The van der Waals surface area contributed by atoms with Gasteiger partial charge in [-0.15, -0.1) is 10.1 Å². The van der Waals surface area contributed by atoms with Gasteiger partial charge >= 0.3 is 12.1 Å². The number of rotatable bonds is 8. The van der Waals surface area contributed by atoms with Crippen LogP contribution in [-0.2, 0) is 24.6 Å². The standard InChI is InChI=1S/C18H20ClF3N2O8/c1-17(2,3)12-6-14-9(5-13(12)19)4-11(15(32-14)18(20,21)22)16(25)31-10(7-29-23-26)8-30-24(27)28/h4-6,10,15H,7-8,23H2,1-3H3/t10?,15-/m0/s1. The van der Waals surface area contributed by atoms with E-state index in [4.69, 9.17) is 21.1 Å². The average molecular weight is 485 g/mol. The van der Waals surface area contributed by atoms with Gasteiger partial charge in [0.05, 0.1) is 5.57 Å². The van der Waals surface area contributed by atoms with Crippen LogP contribution < -0.4 is 10.4 Å². The summed E-state index contributed by atoms with van der Waals surface area (Å²) in [4.78, 5) is 31.3. The Kier molecular flexibility index (Phi) is 7.93. The monoisotopic (exact) mass is 484 g/mol. The second-order valence-corrected chi connectivity index (χ2v) is 8.14. The third kappa shape index (κ3) is 6.45. The minimum Gasteiger partial charge on any atom is -0.601 e. The molecule has 2 rings (SSSR count). The summed E-state index contributed by atoms with van der Waals surface area (Å²) in [6, 6.07) is 2.74. The smallest absolute Gasteiger partial charge is 0.430 e. The average Bonchev–Trinajstić information content (AvgIpc) is 2.66. The number of halogens is 4. The SMILES string of the molecule is CC(C)(C)c1cc2c(cc1Cl)C=C(C(=O)OC(CO[NH2+][O-])CO[N+](=O)[O-])[C@@H](C(F)(F)F)O2. The molecule has 178 valence electrons. The molecule has 0 spiro atoms. The molecule has 2 atom stereocenters. The molecule has 1 aromatic rings. The highest BCUT2D eigenvalue weighted by Crippen LogP contribution is 2.42. The first-order chi connectivity index (χ1) is 14.7. The van der Waals surface area contributed by atoms with Gasteiger partial charge in [-0.2, -0.15) is 13.2 Å². The van der Waals surface area contributed by atoms with Crippen LogP contribution in [0.15, 0.2) is 17.7 Å². The van der Waals surface area contributed by atoms with Crippen molar-refractivity contribution >= 4 is 23.6 Å². The van der Waals surface area contributed by atoms with E-state index >= 15 is 0 Å². The number of esters is 1. The van der Waals surface area contributed by atoms with Gasteiger partial charge in [0.15, 0.2) is 6.10 Å². The number of carbonyl (C=O) groups excluding carboxylic acids is 1. The van der Waals surface area contributed by atoms with Crippen LogP contribution in [0.1, 0.15) is 31.9 Å². The van der Waals surface area contributed by atoms with Crippen LogP contribution in [0.5, 0.6) is 5.75 Å². The maximum Gasteiger partial charge on any atom is 0.430 e. The number of benzene rings is 1. The minimum absolute atomic E-state index is 0.0282. The number of carbonyl (C=O) groups is 1. The molecular weight excluding hydrogens is 465 g/mol. The molecule has 1 aliphatic heterocycles. The molecule has 0 bridgehead atoms. The Labute approximate surface area is 184 Å². The van der Waals surface area contributed by atoms with Crippen molar-refractivity contribution in [2.75, 3.05) is 13.2 Å². The van der Waals surface area contributed by atoms with E-state index in [1.54, 1.807) is 0 Å². The van der Waals surface area contributed by atoms with E-state index in [-0.39, 0.29) is 22.0 Å². The van der Waals surface area contributed by atoms with Crippen LogP contribution >= 0.6 is 11.6 Å². The lowest BCUT2D eigenvalue weighted by atomic mass is 9.85. The lowest BCUT2D eigenvalue weighted by Gasteiger charge is -2.30. The summed E-state index contributed by atoms with van der Waals surface area (Å²) in [5.41, 5.74) is -0.783. The van der Waals surface area contributed by atoms with Gasteiger partial charge in [-0.25, -0.2) is 15.3 Å². The highest BCUT2D eigenvalue weighted by molar-refractivity contribution is 6.31. The van der Waals surface area contributed by atoms with Crippen molar-refractivity contribution in [3.8, 4) is 5.75 Å². The summed E-state index contributed by atoms with van der Waals surface area (Å²) in [5.74, 6) is -1.61. The van der Waals surface area contributed by atoms with Gasteiger partial charge in [0, 0.05) is 10.6 Å². The number of ether oxygens (including phenoxy) is 2. The van der Waals surface area contributed by atoms with E-state index < -0.39 is 53.6 Å². The normalized spacial score (nSPS) is 17.0. The second-order valence-electron chi connectivity index (χ2n) is 7.74. The number of fused-ring (bicyclic) bond motifs is 1. The molecule has 14 heteroatoms. The van der Waals surface area contributed by atoms with E-state index in [1.165, 1.54) is 12.1 Å². The van der Waals surface area contributed by atoms with Gasteiger partial charge in [0.1, 0.15) is 19.0 Å². The first-order valence-electron chi connectivity index (χ1n) is 9.06. The topological polar surface area (TPSA) is 137 Å². The van der Waals surface area contributed by atoms with Crippen LogP contribution in [-0.4, -0.2) is 42.7 Å². The number of hydrogen-bond acceptors (Lipinski definition) is 8. The summed E-state index contributed by atoms with van der Waals surface area (Å²) in [7, 11) is 0. The Morgan fingerprint density at radius 2 is 1.97 bits per heavy atom. The van der Waals surface area contributed by atoms with Gasteiger partial charge in [0.25, 0.3) is 5.09 Å². The third-order valence-corrected chi connectivity index (χ3v) is 4.58. The molecule has 1 heterocycles. The molecule has 0 amide bonds. The predicted molar refractivity (Wildman–Crippen MR) is 103 cm³/mol. The molecule has 0 aliphatic carbocycles. The van der Waals surface area contributed by atoms with Crippen LogP contribution in [0.2, 0.25) is 5.02 Å². The number of nitrogens with zero attached hydrogens (tertiary/aromatic N) is 1. The summed E-state index contributed by atoms with van der Waals surface area (Å²) in [6.07, 6.45) is -8.28. The summed E-state index contributed by atoms with van der Waals surface area (Å²) in [6.45, 7) is 3.91. The zero-order valence-electron chi connectivity index (χ0n) is 17.1. The predicted octanol–water partition coefficient (Wildman–Crippen LogP) is 2.46. The van der Waals surface area contributed by atoms with E-state index in [0.29, 0.717) is 5.56 Å². The molecule has 10 nitrogen and oxygen atoms in total. The molecule has 2 N–H and O–H groups in total. The van der Waals surface area contributed by atoms with Crippen molar-refractivity contribution in [1.82, 2.24) is 0 Å². The molecule has 0 radical (unpaired) electrons. The number of alkyl halides is 3. The third-order valence-electron chi connectivity index (χ3n) is 4.27. The van der Waals surface area contributed by atoms with Crippen LogP contribution in [0.25, 0.3) is 6.08 Å². The fraction of sp³-hybridized carbons (Fsp3) is 0.500. The molecule has 1 aromatic carbocycles. The second kappa shape index (κ2) is 9.90. The van der Waals surface area contributed by atoms with Crippen LogP contribution in [0.3, 0.4) is 0 Å². The van der Waals surface area contributed by atoms with E-state index in [0.717, 1.165) is 6.08 Å².